The van der Waals surface area contributed by atoms with E-state index in [4.69, 9.17) is 10.1 Å². The van der Waals surface area contributed by atoms with Crippen molar-refractivity contribution >= 4 is 50.8 Å². The molecule has 6 nitrogen and oxygen atoms in total. The number of hydrogen-bond acceptors (Lipinski definition) is 5. The lowest BCUT2D eigenvalue weighted by Crippen LogP contribution is -2.28. The molecule has 198 valence electrons. The zero-order valence-corrected chi connectivity index (χ0v) is 23.2. The summed E-state index contributed by atoms with van der Waals surface area (Å²) in [5, 5.41) is 19.6. The van der Waals surface area contributed by atoms with Crippen molar-refractivity contribution in [2.45, 2.75) is 24.4 Å². The maximum atomic E-state index is 13.9. The summed E-state index contributed by atoms with van der Waals surface area (Å²) in [6.45, 7) is 1.91. The summed E-state index contributed by atoms with van der Waals surface area (Å²) in [6, 6.07) is 36.6. The molecule has 1 unspecified atom stereocenters. The summed E-state index contributed by atoms with van der Waals surface area (Å²) in [6.07, 6.45) is 0.644. The maximum Gasteiger partial charge on any atom is 0.253 e. The van der Waals surface area contributed by atoms with Crippen LogP contribution in [0.2, 0.25) is 0 Å². The van der Waals surface area contributed by atoms with Crippen LogP contribution in [0.5, 0.6) is 0 Å². The molecule has 0 N–H and O–H groups in total. The number of imidazole rings is 1. The largest absolute Gasteiger partial charge is 0.286 e. The summed E-state index contributed by atoms with van der Waals surface area (Å²) < 4.78 is 1.99. The van der Waals surface area contributed by atoms with Crippen molar-refractivity contribution in [1.82, 2.24) is 14.4 Å². The molecule has 1 aliphatic rings. The van der Waals surface area contributed by atoms with Gasteiger partial charge < -0.3 is 0 Å². The highest BCUT2D eigenvalue weighted by molar-refractivity contribution is 7.99. The number of nitrogens with zero attached hydrogens (tertiary/aromatic N) is 5. The van der Waals surface area contributed by atoms with Crippen molar-refractivity contribution in [3.05, 3.63) is 125 Å². The van der Waals surface area contributed by atoms with E-state index < -0.39 is 0 Å². The molecule has 41 heavy (non-hydrogen) atoms. The highest BCUT2D eigenvalue weighted by Crippen LogP contribution is 2.35. The molecule has 0 saturated carbocycles. The van der Waals surface area contributed by atoms with Crippen LogP contribution in [0, 0.1) is 18.3 Å². The van der Waals surface area contributed by atoms with Gasteiger partial charge in [0.1, 0.15) is 6.07 Å². The van der Waals surface area contributed by atoms with Gasteiger partial charge in [0.25, 0.3) is 5.91 Å². The first-order valence-corrected chi connectivity index (χ1v) is 14.5. The Bertz CT molecular complexity index is 2040. The number of para-hydroxylation sites is 2. The van der Waals surface area contributed by atoms with Crippen LogP contribution in [0.4, 0.5) is 0 Å². The normalized spacial score (nSPS) is 15.0. The van der Waals surface area contributed by atoms with E-state index in [1.54, 1.807) is 5.01 Å². The van der Waals surface area contributed by atoms with Crippen molar-refractivity contribution in [3.63, 3.8) is 0 Å². The van der Waals surface area contributed by atoms with Crippen molar-refractivity contribution in [3.8, 4) is 6.07 Å². The molecule has 0 radical (unpaired) electrons. The highest BCUT2D eigenvalue weighted by atomic mass is 32.2. The quantitative estimate of drug-likeness (QED) is 0.211. The number of aromatic nitrogens is 2. The Hall–Kier alpha value is -4.93. The predicted molar refractivity (Wildman–Crippen MR) is 164 cm³/mol. The maximum absolute atomic E-state index is 13.9. The van der Waals surface area contributed by atoms with Crippen LogP contribution in [0.3, 0.4) is 0 Å². The van der Waals surface area contributed by atoms with Gasteiger partial charge in [0.15, 0.2) is 5.65 Å². The second kappa shape index (κ2) is 10.2. The first-order chi connectivity index (χ1) is 20.1. The smallest absolute Gasteiger partial charge is 0.253 e. The Kier molecular flexibility index (Phi) is 6.26. The summed E-state index contributed by atoms with van der Waals surface area (Å²) in [5.41, 5.74) is 6.72. The minimum absolute atomic E-state index is 0.0702. The molecule has 6 aromatic rings. The molecule has 0 fully saturated rings. The van der Waals surface area contributed by atoms with Gasteiger partial charge in [-0.2, -0.15) is 10.4 Å². The van der Waals surface area contributed by atoms with Gasteiger partial charge in [-0.3, -0.25) is 9.20 Å². The molecule has 0 spiro atoms. The van der Waals surface area contributed by atoms with E-state index in [0.29, 0.717) is 17.6 Å². The number of hydrazone groups is 1. The van der Waals surface area contributed by atoms with Gasteiger partial charge in [0, 0.05) is 6.42 Å². The number of benzene rings is 4. The van der Waals surface area contributed by atoms with Gasteiger partial charge in [-0.05, 0) is 58.7 Å². The molecule has 0 saturated heterocycles. The van der Waals surface area contributed by atoms with Gasteiger partial charge in [-0.1, -0.05) is 90.6 Å². The number of fused-ring (bicyclic) bond motifs is 4. The minimum Gasteiger partial charge on any atom is -0.286 e. The molecule has 1 aliphatic heterocycles. The minimum atomic E-state index is -0.178. The summed E-state index contributed by atoms with van der Waals surface area (Å²) in [5.74, 6) is 0.129. The Morgan fingerprint density at radius 3 is 2.54 bits per heavy atom. The topological polar surface area (TPSA) is 73.8 Å². The zero-order valence-electron chi connectivity index (χ0n) is 22.4. The van der Waals surface area contributed by atoms with Crippen molar-refractivity contribution in [2.75, 3.05) is 5.75 Å². The van der Waals surface area contributed by atoms with Crippen LogP contribution in [-0.2, 0) is 4.79 Å². The van der Waals surface area contributed by atoms with Crippen LogP contribution in [0.1, 0.15) is 34.7 Å². The van der Waals surface area contributed by atoms with E-state index in [-0.39, 0.29) is 17.7 Å². The Morgan fingerprint density at radius 1 is 0.951 bits per heavy atom. The monoisotopic (exact) mass is 551 g/mol. The van der Waals surface area contributed by atoms with Gasteiger partial charge in [-0.25, -0.2) is 9.99 Å². The number of aryl methyl sites for hydroxylation is 1. The van der Waals surface area contributed by atoms with E-state index in [1.165, 1.54) is 17.1 Å². The van der Waals surface area contributed by atoms with Crippen LogP contribution in [0.15, 0.2) is 113 Å². The number of rotatable bonds is 5. The Balaban J connectivity index is 1.23. The SMILES string of the molecule is Cc1cc(SCC(=O)N2N=C(c3ccc4ccccc4c3)CC2c2ccccc2)n2c(nc3ccccc32)c1C#N. The molecular weight excluding hydrogens is 526 g/mol. The van der Waals surface area contributed by atoms with Crippen molar-refractivity contribution < 1.29 is 4.79 Å². The van der Waals surface area contributed by atoms with Crippen molar-refractivity contribution in [2.24, 2.45) is 5.10 Å². The first kappa shape index (κ1) is 25.1. The average molecular weight is 552 g/mol. The van der Waals surface area contributed by atoms with E-state index in [0.717, 1.165) is 43.8 Å². The third-order valence-electron chi connectivity index (χ3n) is 7.63. The van der Waals surface area contributed by atoms with Crippen LogP contribution in [0.25, 0.3) is 27.5 Å². The van der Waals surface area contributed by atoms with Crippen LogP contribution in [-0.4, -0.2) is 31.8 Å². The molecular formula is C34H25N5OS. The fourth-order valence-electron chi connectivity index (χ4n) is 5.58. The number of carbonyl (C=O) groups excluding carboxylic acids is 1. The number of nitriles is 1. The molecule has 1 atom stereocenters. The van der Waals surface area contributed by atoms with Crippen LogP contribution >= 0.6 is 11.8 Å². The molecule has 0 aliphatic carbocycles. The second-order valence-electron chi connectivity index (χ2n) is 10.2. The molecule has 4 aromatic carbocycles. The number of pyridine rings is 1. The number of carbonyl (C=O) groups is 1. The molecule has 7 rings (SSSR count). The molecule has 2 aromatic heterocycles. The first-order valence-electron chi connectivity index (χ1n) is 13.5. The molecule has 7 heteroatoms. The fourth-order valence-corrected chi connectivity index (χ4v) is 6.56. The number of amides is 1. The standard InChI is InChI=1S/C34H25N5OS/c1-22-17-33(38-30-14-8-7-13-28(30)36-34(38)27(22)20-35)41-21-32(40)39-31(24-10-3-2-4-11-24)19-29(37-39)26-16-15-23-9-5-6-12-25(23)18-26/h2-18,31H,19,21H2,1H3. The lowest BCUT2D eigenvalue weighted by Gasteiger charge is -2.22. The molecule has 3 heterocycles. The van der Waals surface area contributed by atoms with Gasteiger partial charge in [0.2, 0.25) is 0 Å². The number of thioether (sulfide) groups is 1. The van der Waals surface area contributed by atoms with E-state index >= 15 is 0 Å². The predicted octanol–water partition coefficient (Wildman–Crippen LogP) is 7.29. The van der Waals surface area contributed by atoms with Gasteiger partial charge >= 0.3 is 0 Å². The third kappa shape index (κ3) is 4.43. The Labute approximate surface area is 241 Å². The lowest BCUT2D eigenvalue weighted by atomic mass is 9.97. The van der Waals surface area contributed by atoms with E-state index in [1.807, 2.05) is 72.0 Å². The average Bonchev–Trinajstić information content (AvgIpc) is 3.63. The van der Waals surface area contributed by atoms with E-state index in [2.05, 4.69) is 48.5 Å². The second-order valence-corrected chi connectivity index (χ2v) is 11.2. The zero-order chi connectivity index (χ0) is 27.9. The third-order valence-corrected chi connectivity index (χ3v) is 8.61. The summed E-state index contributed by atoms with van der Waals surface area (Å²) in [4.78, 5) is 18.6. The summed E-state index contributed by atoms with van der Waals surface area (Å²) in [7, 11) is 0. The van der Waals surface area contributed by atoms with Crippen LogP contribution < -0.4 is 0 Å². The van der Waals surface area contributed by atoms with E-state index in [9.17, 15) is 10.1 Å². The Morgan fingerprint density at radius 2 is 1.71 bits per heavy atom. The lowest BCUT2D eigenvalue weighted by molar-refractivity contribution is -0.130. The molecule has 1 amide bonds. The van der Waals surface area contributed by atoms with Gasteiger partial charge in [0.05, 0.1) is 39.1 Å². The van der Waals surface area contributed by atoms with Crippen molar-refractivity contribution in [1.29, 1.82) is 5.26 Å². The van der Waals surface area contributed by atoms with Gasteiger partial charge in [-0.15, -0.1) is 0 Å². The molecule has 0 bridgehead atoms. The highest BCUT2D eigenvalue weighted by Gasteiger charge is 2.33. The number of hydrogen-bond donors (Lipinski definition) is 0. The fraction of sp³-hybridized carbons (Fsp3) is 0.118. The summed E-state index contributed by atoms with van der Waals surface area (Å²) >= 11 is 1.45.